The molecule has 0 spiro atoms. The molecule has 1 atom stereocenters. The number of nitrogens with one attached hydrogen (secondary N) is 1. The summed E-state index contributed by atoms with van der Waals surface area (Å²) < 4.78 is 4.86. The van der Waals surface area contributed by atoms with Crippen LogP contribution in [0.2, 0.25) is 0 Å². The third-order valence-electron chi connectivity index (χ3n) is 1.90. The molecule has 11 heavy (non-hydrogen) atoms. The molecule has 0 aromatic carbocycles. The van der Waals surface area contributed by atoms with Gasteiger partial charge in [0, 0.05) is 13.7 Å². The Labute approximate surface area is 67.3 Å². The van der Waals surface area contributed by atoms with E-state index in [9.17, 15) is 0 Å². The van der Waals surface area contributed by atoms with Crippen LogP contribution in [0, 0.1) is 17.2 Å². The lowest BCUT2D eigenvalue weighted by molar-refractivity contribution is 0.197. The quantitative estimate of drug-likeness (QED) is 0.587. The van der Waals surface area contributed by atoms with Crippen molar-refractivity contribution in [2.45, 2.75) is 18.9 Å². The minimum absolute atomic E-state index is 0.0603. The lowest BCUT2D eigenvalue weighted by Crippen LogP contribution is -2.32. The Bertz CT molecular complexity index is 149. The summed E-state index contributed by atoms with van der Waals surface area (Å²) in [5.41, 5.74) is 0. The first-order valence-corrected chi connectivity index (χ1v) is 4.00. The van der Waals surface area contributed by atoms with Crippen molar-refractivity contribution in [3.05, 3.63) is 0 Å². The van der Waals surface area contributed by atoms with Crippen molar-refractivity contribution in [3.63, 3.8) is 0 Å². The summed E-state index contributed by atoms with van der Waals surface area (Å²) in [5.74, 6) is 0.608. The van der Waals surface area contributed by atoms with Gasteiger partial charge in [-0.2, -0.15) is 5.26 Å². The van der Waals surface area contributed by atoms with Gasteiger partial charge in [0.25, 0.3) is 0 Å². The Morgan fingerprint density at radius 2 is 2.45 bits per heavy atom. The predicted octanol–water partition coefficient (Wildman–Crippen LogP) is 0.525. The highest BCUT2D eigenvalue weighted by molar-refractivity contribution is 5.00. The van der Waals surface area contributed by atoms with Crippen molar-refractivity contribution in [1.82, 2.24) is 5.32 Å². The monoisotopic (exact) mass is 154 g/mol. The number of hydrogen-bond donors (Lipinski definition) is 1. The summed E-state index contributed by atoms with van der Waals surface area (Å²) in [5, 5.41) is 11.8. The Morgan fingerprint density at radius 3 is 2.91 bits per heavy atom. The van der Waals surface area contributed by atoms with Crippen LogP contribution in [0.1, 0.15) is 12.8 Å². The molecule has 0 saturated heterocycles. The number of methoxy groups -OCH3 is 1. The first kappa shape index (κ1) is 8.51. The molecule has 62 valence electrons. The van der Waals surface area contributed by atoms with Gasteiger partial charge in [0.05, 0.1) is 18.7 Å². The lowest BCUT2D eigenvalue weighted by Gasteiger charge is -2.08. The van der Waals surface area contributed by atoms with Crippen LogP contribution < -0.4 is 5.32 Å². The van der Waals surface area contributed by atoms with E-state index in [-0.39, 0.29) is 6.04 Å². The van der Waals surface area contributed by atoms with Crippen molar-refractivity contribution in [2.75, 3.05) is 20.3 Å². The maximum absolute atomic E-state index is 8.68. The van der Waals surface area contributed by atoms with Crippen LogP contribution in [0.5, 0.6) is 0 Å². The van der Waals surface area contributed by atoms with Gasteiger partial charge in [0.2, 0.25) is 0 Å². The molecule has 3 nitrogen and oxygen atoms in total. The van der Waals surface area contributed by atoms with Gasteiger partial charge in [-0.25, -0.2) is 0 Å². The molecule has 3 heteroatoms. The van der Waals surface area contributed by atoms with E-state index < -0.39 is 0 Å². The van der Waals surface area contributed by atoms with Gasteiger partial charge in [-0.1, -0.05) is 0 Å². The molecule has 0 heterocycles. The van der Waals surface area contributed by atoms with Gasteiger partial charge in [-0.05, 0) is 18.8 Å². The highest BCUT2D eigenvalue weighted by atomic mass is 16.5. The average molecular weight is 154 g/mol. The normalized spacial score (nSPS) is 19.3. The smallest absolute Gasteiger partial charge is 0.0982 e. The van der Waals surface area contributed by atoms with E-state index in [0.717, 1.165) is 6.54 Å². The Morgan fingerprint density at radius 1 is 1.73 bits per heavy atom. The fourth-order valence-electron chi connectivity index (χ4n) is 1.06. The van der Waals surface area contributed by atoms with Crippen LogP contribution >= 0.6 is 0 Å². The third kappa shape index (κ3) is 2.87. The molecule has 1 fully saturated rings. The molecule has 0 aromatic rings. The lowest BCUT2D eigenvalue weighted by atomic mass is 10.2. The molecule has 0 amide bonds. The van der Waals surface area contributed by atoms with E-state index in [0.29, 0.717) is 12.5 Å². The first-order chi connectivity index (χ1) is 5.38. The molecule has 0 radical (unpaired) electrons. The van der Waals surface area contributed by atoms with Gasteiger partial charge in [0.15, 0.2) is 0 Å². The molecule has 0 bridgehead atoms. The van der Waals surface area contributed by atoms with Gasteiger partial charge >= 0.3 is 0 Å². The third-order valence-corrected chi connectivity index (χ3v) is 1.90. The first-order valence-electron chi connectivity index (χ1n) is 4.00. The number of ether oxygens (including phenoxy) is 1. The van der Waals surface area contributed by atoms with Crippen molar-refractivity contribution < 1.29 is 4.74 Å². The molecule has 0 aromatic heterocycles. The molecule has 1 saturated carbocycles. The molecule has 0 aliphatic heterocycles. The average Bonchev–Trinajstić information content (AvgIpc) is 2.81. The van der Waals surface area contributed by atoms with Crippen LogP contribution in [0.3, 0.4) is 0 Å². The summed E-state index contributed by atoms with van der Waals surface area (Å²) in [6.07, 6.45) is 2.41. The summed E-state index contributed by atoms with van der Waals surface area (Å²) >= 11 is 0. The Hall–Kier alpha value is -0.590. The van der Waals surface area contributed by atoms with Crippen molar-refractivity contribution in [2.24, 2.45) is 5.92 Å². The number of hydrogen-bond acceptors (Lipinski definition) is 3. The molecule has 1 unspecified atom stereocenters. The maximum Gasteiger partial charge on any atom is 0.0982 e. The zero-order chi connectivity index (χ0) is 8.10. The second kappa shape index (κ2) is 4.32. The maximum atomic E-state index is 8.68. The Kier molecular flexibility index (Phi) is 3.34. The fraction of sp³-hybridized carbons (Fsp3) is 0.875. The number of rotatable bonds is 5. The number of nitriles is 1. The summed E-state index contributed by atoms with van der Waals surface area (Å²) in [6, 6.07) is 2.32. The minimum Gasteiger partial charge on any atom is -0.383 e. The minimum atomic E-state index is 0.0603. The topological polar surface area (TPSA) is 45.0 Å². The van der Waals surface area contributed by atoms with Crippen molar-refractivity contribution >= 4 is 0 Å². The molecular weight excluding hydrogens is 140 g/mol. The molecule has 1 aliphatic rings. The highest BCUT2D eigenvalue weighted by Gasteiger charge is 2.30. The van der Waals surface area contributed by atoms with Crippen molar-refractivity contribution in [3.8, 4) is 6.07 Å². The van der Waals surface area contributed by atoms with Crippen molar-refractivity contribution in [1.29, 1.82) is 5.26 Å². The van der Waals surface area contributed by atoms with Gasteiger partial charge < -0.3 is 4.74 Å². The number of nitrogens with zero attached hydrogens (tertiary/aromatic N) is 1. The zero-order valence-corrected chi connectivity index (χ0v) is 6.84. The van der Waals surface area contributed by atoms with Gasteiger partial charge in [-0.3, -0.25) is 5.32 Å². The van der Waals surface area contributed by atoms with Crippen LogP contribution in [-0.4, -0.2) is 26.3 Å². The van der Waals surface area contributed by atoms with E-state index in [1.54, 1.807) is 7.11 Å². The van der Waals surface area contributed by atoms with Gasteiger partial charge in [-0.15, -0.1) is 0 Å². The van der Waals surface area contributed by atoms with Crippen LogP contribution in [0.25, 0.3) is 0 Å². The SMILES string of the molecule is COCCNC(C#N)C1CC1. The molecule has 1 N–H and O–H groups in total. The van der Waals surface area contributed by atoms with E-state index in [2.05, 4.69) is 11.4 Å². The highest BCUT2D eigenvalue weighted by Crippen LogP contribution is 2.32. The fourth-order valence-corrected chi connectivity index (χ4v) is 1.06. The van der Waals surface area contributed by atoms with Crippen LogP contribution in [0.15, 0.2) is 0 Å². The summed E-state index contributed by atoms with van der Waals surface area (Å²) in [6.45, 7) is 1.47. The van der Waals surface area contributed by atoms with E-state index >= 15 is 0 Å². The molecular formula is C8H14N2O. The van der Waals surface area contributed by atoms with E-state index in [1.807, 2.05) is 0 Å². The predicted molar refractivity (Wildman–Crippen MR) is 42.0 cm³/mol. The standard InChI is InChI=1S/C8H14N2O/c1-11-5-4-10-8(6-9)7-2-3-7/h7-8,10H,2-5H2,1H3. The summed E-state index contributed by atoms with van der Waals surface area (Å²) in [4.78, 5) is 0. The van der Waals surface area contributed by atoms with E-state index in [4.69, 9.17) is 10.00 Å². The van der Waals surface area contributed by atoms with E-state index in [1.165, 1.54) is 12.8 Å². The second-order valence-electron chi connectivity index (χ2n) is 2.89. The zero-order valence-electron chi connectivity index (χ0n) is 6.84. The second-order valence-corrected chi connectivity index (χ2v) is 2.89. The Balaban J connectivity index is 2.07. The summed E-state index contributed by atoms with van der Waals surface area (Å²) in [7, 11) is 1.67. The molecule has 1 aliphatic carbocycles. The van der Waals surface area contributed by atoms with Crippen LogP contribution in [-0.2, 0) is 4.74 Å². The van der Waals surface area contributed by atoms with Crippen LogP contribution in [0.4, 0.5) is 0 Å². The molecule has 1 rings (SSSR count). The van der Waals surface area contributed by atoms with Gasteiger partial charge in [0.1, 0.15) is 0 Å². The largest absolute Gasteiger partial charge is 0.383 e.